The SMILES string of the molecule is CCOC(=O)OC(C)OC(=O)[C@@H]1N2C(=O)[C@@H](OS(=O)(=O)Cc3ccccc3)[C@H]2SC1(C)C. The molecule has 0 N–H and O–H groups in total. The lowest BCUT2D eigenvalue weighted by molar-refractivity contribution is -0.183. The molecule has 32 heavy (non-hydrogen) atoms. The molecule has 2 saturated heterocycles. The molecule has 10 nitrogen and oxygen atoms in total. The summed E-state index contributed by atoms with van der Waals surface area (Å²) in [7, 11) is -4.03. The van der Waals surface area contributed by atoms with E-state index in [1.807, 2.05) is 0 Å². The molecule has 1 unspecified atom stereocenters. The van der Waals surface area contributed by atoms with Gasteiger partial charge in [0.05, 0.1) is 6.61 Å². The molecule has 2 aliphatic rings. The Labute approximate surface area is 190 Å². The van der Waals surface area contributed by atoms with Crippen molar-refractivity contribution in [3.8, 4) is 0 Å². The van der Waals surface area contributed by atoms with E-state index in [2.05, 4.69) is 4.74 Å². The number of nitrogens with zero attached hydrogens (tertiary/aromatic N) is 1. The van der Waals surface area contributed by atoms with E-state index < -0.39 is 56.7 Å². The van der Waals surface area contributed by atoms with Gasteiger partial charge in [-0.05, 0) is 26.3 Å². The first-order valence-electron chi connectivity index (χ1n) is 9.94. The molecule has 0 saturated carbocycles. The first-order valence-corrected chi connectivity index (χ1v) is 12.4. The molecule has 0 spiro atoms. The average Bonchev–Trinajstić information content (AvgIpc) is 2.94. The van der Waals surface area contributed by atoms with Gasteiger partial charge in [-0.2, -0.15) is 8.42 Å². The highest BCUT2D eigenvalue weighted by Crippen LogP contribution is 2.52. The van der Waals surface area contributed by atoms with Gasteiger partial charge in [-0.25, -0.2) is 9.59 Å². The number of hydrogen-bond acceptors (Lipinski definition) is 10. The van der Waals surface area contributed by atoms with Crippen molar-refractivity contribution >= 4 is 39.9 Å². The summed E-state index contributed by atoms with van der Waals surface area (Å²) in [6, 6.07) is 7.47. The van der Waals surface area contributed by atoms with Crippen LogP contribution in [0.5, 0.6) is 0 Å². The molecular weight excluding hydrogens is 462 g/mol. The Kier molecular flexibility index (Phi) is 7.06. The minimum Gasteiger partial charge on any atom is -0.435 e. The summed E-state index contributed by atoms with van der Waals surface area (Å²) in [6.45, 7) is 6.53. The van der Waals surface area contributed by atoms with Crippen LogP contribution < -0.4 is 0 Å². The van der Waals surface area contributed by atoms with Crippen molar-refractivity contribution in [1.82, 2.24) is 4.90 Å². The second kappa shape index (κ2) is 9.28. The highest BCUT2D eigenvalue weighted by atomic mass is 32.2. The monoisotopic (exact) mass is 487 g/mol. The molecule has 12 heteroatoms. The maximum atomic E-state index is 12.8. The molecule has 176 valence electrons. The Morgan fingerprint density at radius 1 is 1.19 bits per heavy atom. The van der Waals surface area contributed by atoms with E-state index in [9.17, 15) is 22.8 Å². The van der Waals surface area contributed by atoms with E-state index in [1.54, 1.807) is 51.1 Å². The lowest BCUT2D eigenvalue weighted by atomic mass is 9.97. The van der Waals surface area contributed by atoms with Gasteiger partial charge in [-0.1, -0.05) is 30.3 Å². The van der Waals surface area contributed by atoms with E-state index in [0.29, 0.717) is 5.56 Å². The zero-order valence-electron chi connectivity index (χ0n) is 18.0. The maximum Gasteiger partial charge on any atom is 0.511 e. The summed E-state index contributed by atoms with van der Waals surface area (Å²) in [4.78, 5) is 38.1. The van der Waals surface area contributed by atoms with Gasteiger partial charge in [0.2, 0.25) is 6.29 Å². The Hall–Kier alpha value is -2.31. The second-order valence-electron chi connectivity index (χ2n) is 7.77. The predicted octanol–water partition coefficient (Wildman–Crippen LogP) is 2.03. The molecule has 2 heterocycles. The van der Waals surface area contributed by atoms with Crippen molar-refractivity contribution in [2.75, 3.05) is 6.61 Å². The van der Waals surface area contributed by atoms with E-state index in [0.717, 1.165) is 0 Å². The number of ether oxygens (including phenoxy) is 3. The highest BCUT2D eigenvalue weighted by Gasteiger charge is 2.65. The van der Waals surface area contributed by atoms with E-state index >= 15 is 0 Å². The molecule has 0 aliphatic carbocycles. The maximum absolute atomic E-state index is 12.8. The van der Waals surface area contributed by atoms with Crippen molar-refractivity contribution in [3.05, 3.63) is 35.9 Å². The third kappa shape index (κ3) is 5.18. The largest absolute Gasteiger partial charge is 0.511 e. The number of amides is 1. The molecule has 0 bridgehead atoms. The summed E-state index contributed by atoms with van der Waals surface area (Å²) in [5.41, 5.74) is 0.535. The van der Waals surface area contributed by atoms with Crippen molar-refractivity contribution in [2.24, 2.45) is 0 Å². The molecule has 1 aromatic carbocycles. The van der Waals surface area contributed by atoms with E-state index in [1.165, 1.54) is 23.6 Å². The third-order valence-electron chi connectivity index (χ3n) is 4.86. The fraction of sp³-hybridized carbons (Fsp3) is 0.550. The quantitative estimate of drug-likeness (QED) is 0.233. The number of carbonyl (C=O) groups excluding carboxylic acids is 3. The second-order valence-corrected chi connectivity index (χ2v) is 11.1. The first-order chi connectivity index (χ1) is 14.9. The number of carbonyl (C=O) groups is 3. The minimum atomic E-state index is -4.03. The van der Waals surface area contributed by atoms with Crippen LogP contribution in [0, 0.1) is 0 Å². The van der Waals surface area contributed by atoms with Crippen molar-refractivity contribution < 1.29 is 41.2 Å². The summed E-state index contributed by atoms with van der Waals surface area (Å²) >= 11 is 1.24. The molecular formula is C20H25NO9S2. The number of hydrogen-bond donors (Lipinski definition) is 0. The molecule has 2 fully saturated rings. The smallest absolute Gasteiger partial charge is 0.435 e. The molecule has 0 radical (unpaired) electrons. The van der Waals surface area contributed by atoms with Gasteiger partial charge in [-0.15, -0.1) is 11.8 Å². The Morgan fingerprint density at radius 3 is 2.47 bits per heavy atom. The number of fused-ring (bicyclic) bond motifs is 1. The summed E-state index contributed by atoms with van der Waals surface area (Å²) in [6.07, 6.45) is -3.43. The van der Waals surface area contributed by atoms with Gasteiger partial charge < -0.3 is 19.1 Å². The number of thioether (sulfide) groups is 1. The van der Waals surface area contributed by atoms with Gasteiger partial charge in [0.15, 0.2) is 6.10 Å². The van der Waals surface area contributed by atoms with Crippen molar-refractivity contribution in [1.29, 1.82) is 0 Å². The van der Waals surface area contributed by atoms with Gasteiger partial charge in [0.1, 0.15) is 17.2 Å². The summed E-state index contributed by atoms with van der Waals surface area (Å²) in [5, 5.41) is -0.665. The lowest BCUT2D eigenvalue weighted by Gasteiger charge is -2.42. The van der Waals surface area contributed by atoms with Gasteiger partial charge in [0, 0.05) is 11.7 Å². The van der Waals surface area contributed by atoms with Gasteiger partial charge in [0.25, 0.3) is 16.0 Å². The number of benzene rings is 1. The van der Waals surface area contributed by atoms with Crippen LogP contribution in [-0.2, 0) is 43.9 Å². The zero-order chi connectivity index (χ0) is 23.7. The first kappa shape index (κ1) is 24.3. The van der Waals surface area contributed by atoms with Crippen LogP contribution in [0.25, 0.3) is 0 Å². The van der Waals surface area contributed by atoms with Crippen molar-refractivity contribution in [2.45, 2.75) is 62.0 Å². The lowest BCUT2D eigenvalue weighted by Crippen LogP contribution is -2.67. The van der Waals surface area contributed by atoms with E-state index in [-0.39, 0.29) is 12.4 Å². The van der Waals surface area contributed by atoms with Crippen LogP contribution >= 0.6 is 11.8 Å². The predicted molar refractivity (Wildman–Crippen MR) is 114 cm³/mol. The standard InChI is InChI=1S/C20H25NO9S2/c1-5-27-19(24)29-12(2)28-18(23)15-20(3,4)31-17-14(16(22)21(15)17)30-32(25,26)11-13-9-7-6-8-10-13/h6-10,12,14-15,17H,5,11H2,1-4H3/t12?,14-,15+,17-/m1/s1. The van der Waals surface area contributed by atoms with Crippen LogP contribution in [0.3, 0.4) is 0 Å². The molecule has 0 aromatic heterocycles. The third-order valence-corrected chi connectivity index (χ3v) is 7.59. The van der Waals surface area contributed by atoms with Crippen LogP contribution in [0.15, 0.2) is 30.3 Å². The molecule has 2 aliphatic heterocycles. The number of rotatable bonds is 8. The Balaban J connectivity index is 1.65. The average molecular weight is 488 g/mol. The summed E-state index contributed by atoms with van der Waals surface area (Å²) in [5.74, 6) is -1.77. The number of β-lactam (4-membered cyclic amide) rings is 1. The van der Waals surface area contributed by atoms with Crippen molar-refractivity contribution in [3.63, 3.8) is 0 Å². The molecule has 4 atom stereocenters. The van der Waals surface area contributed by atoms with Crippen LogP contribution in [0.1, 0.15) is 33.3 Å². The zero-order valence-corrected chi connectivity index (χ0v) is 19.7. The van der Waals surface area contributed by atoms with Crippen LogP contribution in [-0.4, -0.2) is 66.5 Å². The Bertz CT molecular complexity index is 980. The molecule has 1 amide bonds. The minimum absolute atomic E-state index is 0.102. The topological polar surface area (TPSA) is 126 Å². The van der Waals surface area contributed by atoms with Crippen LogP contribution in [0.2, 0.25) is 0 Å². The van der Waals surface area contributed by atoms with Gasteiger partial charge in [-0.3, -0.25) is 8.98 Å². The summed E-state index contributed by atoms with van der Waals surface area (Å²) < 4.78 is 44.0. The van der Waals surface area contributed by atoms with Crippen LogP contribution in [0.4, 0.5) is 4.79 Å². The van der Waals surface area contributed by atoms with E-state index in [4.69, 9.17) is 13.7 Å². The Morgan fingerprint density at radius 2 is 1.84 bits per heavy atom. The molecule has 1 aromatic rings. The molecule has 3 rings (SSSR count). The fourth-order valence-corrected chi connectivity index (χ4v) is 6.40. The highest BCUT2D eigenvalue weighted by molar-refractivity contribution is 8.01. The normalized spacial score (nSPS) is 24.8. The number of esters is 1. The fourth-order valence-electron chi connectivity index (χ4n) is 3.56. The van der Waals surface area contributed by atoms with Gasteiger partial charge >= 0.3 is 12.1 Å².